The van der Waals surface area contributed by atoms with Crippen LogP contribution in [0.1, 0.15) is 16.8 Å². The Morgan fingerprint density at radius 1 is 1.79 bits per heavy atom. The molecule has 1 aliphatic heterocycles. The third-order valence-electron chi connectivity index (χ3n) is 2.01. The Morgan fingerprint density at radius 2 is 2.64 bits per heavy atom. The standard InChI is InChI=1S/C8H10N2O4/c11-8(12)6-3-9-10-7(6)14-5-1-2-13-4-5/h3,5H,1-2,4H2,(H,9,10)(H,11,12)/t5-/m0/s1. The van der Waals surface area contributed by atoms with E-state index >= 15 is 0 Å². The fourth-order valence-corrected chi connectivity index (χ4v) is 1.29. The highest BCUT2D eigenvalue weighted by Crippen LogP contribution is 2.18. The van der Waals surface area contributed by atoms with Crippen LogP contribution < -0.4 is 4.74 Å². The monoisotopic (exact) mass is 198 g/mol. The lowest BCUT2D eigenvalue weighted by Crippen LogP contribution is -2.17. The first kappa shape index (κ1) is 9.01. The van der Waals surface area contributed by atoms with Crippen LogP contribution in [0, 0.1) is 0 Å². The number of hydrogen-bond acceptors (Lipinski definition) is 4. The Balaban J connectivity index is 2.07. The molecule has 0 aliphatic carbocycles. The Morgan fingerprint density at radius 3 is 3.29 bits per heavy atom. The number of carboxylic acids is 1. The van der Waals surface area contributed by atoms with Crippen molar-refractivity contribution in [2.24, 2.45) is 0 Å². The molecule has 1 aliphatic rings. The van der Waals surface area contributed by atoms with E-state index in [2.05, 4.69) is 10.2 Å². The number of carboxylic acid groups (broad SMARTS) is 1. The lowest BCUT2D eigenvalue weighted by molar-refractivity contribution is 0.0687. The molecule has 1 fully saturated rings. The van der Waals surface area contributed by atoms with E-state index in [4.69, 9.17) is 14.6 Å². The second-order valence-corrected chi connectivity index (χ2v) is 3.02. The highest BCUT2D eigenvalue weighted by Gasteiger charge is 2.21. The predicted molar refractivity (Wildman–Crippen MR) is 45.4 cm³/mol. The van der Waals surface area contributed by atoms with Crippen LogP contribution >= 0.6 is 0 Å². The van der Waals surface area contributed by atoms with E-state index in [-0.39, 0.29) is 17.5 Å². The van der Waals surface area contributed by atoms with Gasteiger partial charge in [-0.25, -0.2) is 9.89 Å². The Hall–Kier alpha value is -1.56. The summed E-state index contributed by atoms with van der Waals surface area (Å²) in [5.74, 6) is -0.847. The third-order valence-corrected chi connectivity index (χ3v) is 2.01. The SMILES string of the molecule is O=C(O)c1cn[nH]c1O[C@H]1CCOC1. The number of carbonyl (C=O) groups is 1. The Kier molecular flexibility index (Phi) is 2.36. The number of aromatic carboxylic acids is 1. The summed E-state index contributed by atoms with van der Waals surface area (Å²) in [6, 6.07) is 0. The van der Waals surface area contributed by atoms with E-state index in [1.54, 1.807) is 0 Å². The number of hydrogen-bond donors (Lipinski definition) is 2. The van der Waals surface area contributed by atoms with Crippen molar-refractivity contribution >= 4 is 5.97 Å². The van der Waals surface area contributed by atoms with Gasteiger partial charge in [-0.1, -0.05) is 0 Å². The van der Waals surface area contributed by atoms with Crippen molar-refractivity contribution in [3.8, 4) is 5.88 Å². The largest absolute Gasteiger partial charge is 0.477 e. The van der Waals surface area contributed by atoms with Gasteiger partial charge in [-0.2, -0.15) is 5.10 Å². The number of H-pyrrole nitrogens is 1. The fraction of sp³-hybridized carbons (Fsp3) is 0.500. The van der Waals surface area contributed by atoms with Crippen LogP contribution in [0.25, 0.3) is 0 Å². The van der Waals surface area contributed by atoms with Crippen LogP contribution in [0.4, 0.5) is 0 Å². The number of aromatic amines is 1. The van der Waals surface area contributed by atoms with Crippen LogP contribution in [-0.4, -0.2) is 40.6 Å². The van der Waals surface area contributed by atoms with E-state index in [1.165, 1.54) is 6.20 Å². The average molecular weight is 198 g/mol. The minimum absolute atomic E-state index is 0.0527. The number of nitrogens with one attached hydrogen (secondary N) is 1. The van der Waals surface area contributed by atoms with Gasteiger partial charge in [-0.05, 0) is 0 Å². The molecule has 0 saturated carbocycles. The summed E-state index contributed by atoms with van der Waals surface area (Å²) in [5, 5.41) is 14.9. The summed E-state index contributed by atoms with van der Waals surface area (Å²) in [7, 11) is 0. The van der Waals surface area contributed by atoms with Crippen molar-refractivity contribution in [1.82, 2.24) is 10.2 Å². The summed E-state index contributed by atoms with van der Waals surface area (Å²) < 4.78 is 10.5. The number of rotatable bonds is 3. The maximum absolute atomic E-state index is 10.7. The van der Waals surface area contributed by atoms with Gasteiger partial charge >= 0.3 is 5.97 Å². The minimum atomic E-state index is -1.05. The molecule has 2 N–H and O–H groups in total. The van der Waals surface area contributed by atoms with Crippen LogP contribution in [0.3, 0.4) is 0 Å². The number of nitrogens with zero attached hydrogens (tertiary/aromatic N) is 1. The Labute approximate surface area is 79.8 Å². The second kappa shape index (κ2) is 3.67. The molecule has 0 unspecified atom stereocenters. The summed E-state index contributed by atoms with van der Waals surface area (Å²) >= 11 is 0. The van der Waals surface area contributed by atoms with Gasteiger partial charge in [0.05, 0.1) is 19.4 Å². The smallest absolute Gasteiger partial charge is 0.342 e. The molecular weight excluding hydrogens is 188 g/mol. The molecule has 0 radical (unpaired) electrons. The van der Waals surface area contributed by atoms with Gasteiger partial charge in [0.1, 0.15) is 11.7 Å². The number of aromatic nitrogens is 2. The van der Waals surface area contributed by atoms with Gasteiger partial charge in [-0.3, -0.25) is 0 Å². The van der Waals surface area contributed by atoms with Gasteiger partial charge in [0.25, 0.3) is 0 Å². The van der Waals surface area contributed by atoms with Crippen molar-refractivity contribution in [2.75, 3.05) is 13.2 Å². The second-order valence-electron chi connectivity index (χ2n) is 3.02. The molecule has 1 aromatic rings. The lowest BCUT2D eigenvalue weighted by atomic mass is 10.3. The molecule has 0 bridgehead atoms. The summed E-state index contributed by atoms with van der Waals surface area (Å²) in [4.78, 5) is 10.7. The zero-order valence-electron chi connectivity index (χ0n) is 7.40. The highest BCUT2D eigenvalue weighted by molar-refractivity contribution is 5.89. The van der Waals surface area contributed by atoms with Gasteiger partial charge < -0.3 is 14.6 Å². The molecule has 1 saturated heterocycles. The maximum Gasteiger partial charge on any atom is 0.342 e. The van der Waals surface area contributed by atoms with Gasteiger partial charge in [0, 0.05) is 6.42 Å². The molecule has 2 rings (SSSR count). The molecule has 14 heavy (non-hydrogen) atoms. The fourth-order valence-electron chi connectivity index (χ4n) is 1.29. The zero-order valence-corrected chi connectivity index (χ0v) is 7.40. The quantitative estimate of drug-likeness (QED) is 0.728. The van der Waals surface area contributed by atoms with Crippen molar-refractivity contribution in [3.63, 3.8) is 0 Å². The molecule has 0 aromatic carbocycles. The van der Waals surface area contributed by atoms with Crippen LogP contribution in [0.5, 0.6) is 5.88 Å². The van der Waals surface area contributed by atoms with E-state index in [0.29, 0.717) is 13.2 Å². The molecular formula is C8H10N2O4. The first-order valence-corrected chi connectivity index (χ1v) is 4.28. The average Bonchev–Trinajstić information content (AvgIpc) is 2.75. The molecule has 1 atom stereocenters. The molecule has 76 valence electrons. The van der Waals surface area contributed by atoms with Crippen LogP contribution in [0.2, 0.25) is 0 Å². The molecule has 6 nitrogen and oxygen atoms in total. The van der Waals surface area contributed by atoms with Gasteiger partial charge in [0.15, 0.2) is 0 Å². The van der Waals surface area contributed by atoms with Crippen molar-refractivity contribution in [3.05, 3.63) is 11.8 Å². The first-order chi connectivity index (χ1) is 6.77. The van der Waals surface area contributed by atoms with E-state index in [9.17, 15) is 4.79 Å². The van der Waals surface area contributed by atoms with Crippen LogP contribution in [-0.2, 0) is 4.74 Å². The van der Waals surface area contributed by atoms with Crippen molar-refractivity contribution in [1.29, 1.82) is 0 Å². The molecule has 6 heteroatoms. The maximum atomic E-state index is 10.7. The van der Waals surface area contributed by atoms with Crippen molar-refractivity contribution < 1.29 is 19.4 Å². The van der Waals surface area contributed by atoms with E-state index in [0.717, 1.165) is 6.42 Å². The van der Waals surface area contributed by atoms with Crippen LogP contribution in [0.15, 0.2) is 6.20 Å². The Bertz CT molecular complexity index is 330. The summed E-state index contributed by atoms with van der Waals surface area (Å²) in [6.07, 6.45) is 1.93. The van der Waals surface area contributed by atoms with Crippen molar-refractivity contribution in [2.45, 2.75) is 12.5 Å². The molecule has 1 aromatic heterocycles. The molecule has 2 heterocycles. The lowest BCUT2D eigenvalue weighted by Gasteiger charge is -2.09. The minimum Gasteiger partial charge on any atom is -0.477 e. The molecule has 0 spiro atoms. The highest BCUT2D eigenvalue weighted by atomic mass is 16.6. The van der Waals surface area contributed by atoms with Gasteiger partial charge in [-0.15, -0.1) is 0 Å². The number of ether oxygens (including phenoxy) is 2. The summed E-state index contributed by atoms with van der Waals surface area (Å²) in [6.45, 7) is 1.15. The van der Waals surface area contributed by atoms with Gasteiger partial charge in [0.2, 0.25) is 5.88 Å². The first-order valence-electron chi connectivity index (χ1n) is 4.28. The molecule has 0 amide bonds. The summed E-state index contributed by atoms with van der Waals surface area (Å²) in [5.41, 5.74) is 0.0527. The predicted octanol–water partition coefficient (Wildman–Crippen LogP) is 0.276. The van der Waals surface area contributed by atoms with E-state index in [1.807, 2.05) is 0 Å². The topological polar surface area (TPSA) is 84.4 Å². The normalized spacial score (nSPS) is 21.0. The zero-order chi connectivity index (χ0) is 9.97. The van der Waals surface area contributed by atoms with E-state index < -0.39 is 5.97 Å². The third kappa shape index (κ3) is 1.69.